The molecule has 0 saturated heterocycles. The first kappa shape index (κ1) is 26.2. The zero-order chi connectivity index (χ0) is 26.5. The summed E-state index contributed by atoms with van der Waals surface area (Å²) in [7, 11) is 2.93. The fourth-order valence-electron chi connectivity index (χ4n) is 4.50. The number of thiazole rings is 1. The number of carbonyl (C=O) groups excluding carboxylic acids is 1. The van der Waals surface area contributed by atoms with Crippen molar-refractivity contribution in [3.63, 3.8) is 0 Å². The molecule has 1 atom stereocenters. The van der Waals surface area contributed by atoms with E-state index in [0.717, 1.165) is 16.7 Å². The van der Waals surface area contributed by atoms with Gasteiger partial charge in [0.2, 0.25) is 0 Å². The van der Waals surface area contributed by atoms with Gasteiger partial charge >= 0.3 is 5.97 Å². The van der Waals surface area contributed by atoms with Crippen LogP contribution in [0.3, 0.4) is 0 Å². The summed E-state index contributed by atoms with van der Waals surface area (Å²) in [6.07, 6.45) is 4.74. The van der Waals surface area contributed by atoms with Crippen LogP contribution in [0.5, 0.6) is 11.5 Å². The maximum atomic E-state index is 13.8. The highest BCUT2D eigenvalue weighted by atomic mass is 32.1. The van der Waals surface area contributed by atoms with Crippen molar-refractivity contribution in [2.75, 3.05) is 20.8 Å². The fraction of sp³-hybridized carbons (Fsp3) is 0.276. The molecule has 0 unspecified atom stereocenters. The summed E-state index contributed by atoms with van der Waals surface area (Å²) in [4.78, 5) is 32.0. The van der Waals surface area contributed by atoms with Gasteiger partial charge in [-0.05, 0) is 49.1 Å². The minimum Gasteiger partial charge on any atom is -0.493 e. The number of ether oxygens (including phenoxy) is 3. The molecule has 1 aromatic heterocycles. The molecule has 0 bridgehead atoms. The Labute approximate surface area is 219 Å². The largest absolute Gasteiger partial charge is 0.493 e. The summed E-state index contributed by atoms with van der Waals surface area (Å²) in [5, 5.41) is 0. The average molecular weight is 519 g/mol. The molecule has 2 aromatic carbocycles. The molecule has 0 aliphatic carbocycles. The minimum atomic E-state index is -0.631. The number of nitrogens with zero attached hydrogens (tertiary/aromatic N) is 2. The van der Waals surface area contributed by atoms with Crippen LogP contribution in [-0.2, 0) is 16.0 Å². The van der Waals surface area contributed by atoms with Gasteiger partial charge in [-0.2, -0.15) is 0 Å². The first-order valence-electron chi connectivity index (χ1n) is 12.1. The molecular formula is C29H30N2O5S. The van der Waals surface area contributed by atoms with Crippen molar-refractivity contribution in [2.45, 2.75) is 32.7 Å². The Morgan fingerprint density at radius 3 is 2.57 bits per heavy atom. The van der Waals surface area contributed by atoms with Gasteiger partial charge in [-0.15, -0.1) is 6.58 Å². The molecular weight excluding hydrogens is 488 g/mol. The van der Waals surface area contributed by atoms with Gasteiger partial charge in [0.25, 0.3) is 5.56 Å². The molecule has 7 nitrogen and oxygen atoms in total. The molecule has 1 aliphatic heterocycles. The molecule has 0 radical (unpaired) electrons. The Balaban J connectivity index is 1.96. The molecule has 0 N–H and O–H groups in total. The fourth-order valence-corrected chi connectivity index (χ4v) is 5.52. The molecule has 0 amide bonds. The highest BCUT2D eigenvalue weighted by Gasteiger charge is 2.33. The van der Waals surface area contributed by atoms with E-state index in [9.17, 15) is 9.59 Å². The Hall–Kier alpha value is -3.91. The lowest BCUT2D eigenvalue weighted by Gasteiger charge is -2.25. The van der Waals surface area contributed by atoms with Gasteiger partial charge in [0.15, 0.2) is 16.3 Å². The van der Waals surface area contributed by atoms with E-state index in [4.69, 9.17) is 19.2 Å². The normalized spacial score (nSPS) is 15.1. The third-order valence-corrected chi connectivity index (χ3v) is 7.07. The molecule has 1 aliphatic rings. The molecule has 37 heavy (non-hydrogen) atoms. The van der Waals surface area contributed by atoms with Crippen molar-refractivity contribution in [3.8, 4) is 11.5 Å². The smallest absolute Gasteiger partial charge is 0.338 e. The van der Waals surface area contributed by atoms with Crippen molar-refractivity contribution in [1.29, 1.82) is 0 Å². The number of rotatable bonds is 9. The maximum absolute atomic E-state index is 13.8. The number of hydrogen-bond donors (Lipinski definition) is 0. The van der Waals surface area contributed by atoms with Crippen LogP contribution in [0.15, 0.2) is 76.2 Å². The molecule has 2 heterocycles. The summed E-state index contributed by atoms with van der Waals surface area (Å²) in [6, 6.07) is 12.7. The van der Waals surface area contributed by atoms with E-state index in [1.54, 1.807) is 17.8 Å². The molecule has 3 aromatic rings. The second kappa shape index (κ2) is 11.4. The monoisotopic (exact) mass is 518 g/mol. The van der Waals surface area contributed by atoms with E-state index in [2.05, 4.69) is 6.58 Å². The Morgan fingerprint density at radius 2 is 1.95 bits per heavy atom. The van der Waals surface area contributed by atoms with Gasteiger partial charge in [0.05, 0.1) is 42.7 Å². The van der Waals surface area contributed by atoms with Crippen molar-refractivity contribution < 1.29 is 19.0 Å². The lowest BCUT2D eigenvalue weighted by atomic mass is 9.95. The van der Waals surface area contributed by atoms with Gasteiger partial charge in [-0.25, -0.2) is 9.79 Å². The lowest BCUT2D eigenvalue weighted by molar-refractivity contribution is -0.136. The average Bonchev–Trinajstić information content (AvgIpc) is 3.23. The maximum Gasteiger partial charge on any atom is 0.338 e. The van der Waals surface area contributed by atoms with Crippen molar-refractivity contribution in [1.82, 2.24) is 4.57 Å². The zero-order valence-corrected chi connectivity index (χ0v) is 22.3. The van der Waals surface area contributed by atoms with Crippen molar-refractivity contribution >= 4 is 23.4 Å². The van der Waals surface area contributed by atoms with Crippen LogP contribution in [0, 0.1) is 0 Å². The van der Waals surface area contributed by atoms with Crippen LogP contribution in [0.25, 0.3) is 6.08 Å². The topological polar surface area (TPSA) is 79.1 Å². The predicted octanol–water partition coefficient (Wildman–Crippen LogP) is 3.93. The standard InChI is InChI=1S/C29H30N2O5S/c1-6-12-20-15-18(16-22(34-4)26(20)36-8-3)17-23-27(32)31-25(19-13-10-9-11-14-19)24(28(33)35-5)21(7-2)30-29(31)37-23/h6,9-11,13-17,25H,1,7-8,12H2,2-5H3/b23-17-/t25-/m0/s1. The lowest BCUT2D eigenvalue weighted by Crippen LogP contribution is -2.40. The van der Waals surface area contributed by atoms with Crippen LogP contribution in [-0.4, -0.2) is 31.4 Å². The van der Waals surface area contributed by atoms with Gasteiger partial charge in [0.1, 0.15) is 0 Å². The summed E-state index contributed by atoms with van der Waals surface area (Å²) in [6.45, 7) is 8.21. The Kier molecular flexibility index (Phi) is 8.08. The van der Waals surface area contributed by atoms with Gasteiger partial charge in [-0.3, -0.25) is 9.36 Å². The number of benzene rings is 2. The van der Waals surface area contributed by atoms with Gasteiger partial charge in [0, 0.05) is 5.56 Å². The number of methoxy groups -OCH3 is 2. The summed E-state index contributed by atoms with van der Waals surface area (Å²) in [5.41, 5.74) is 3.29. The zero-order valence-electron chi connectivity index (χ0n) is 21.4. The highest BCUT2D eigenvalue weighted by molar-refractivity contribution is 7.07. The minimum absolute atomic E-state index is 0.229. The number of fused-ring (bicyclic) bond motifs is 1. The molecule has 192 valence electrons. The summed E-state index contributed by atoms with van der Waals surface area (Å²) in [5.74, 6) is 0.764. The predicted molar refractivity (Wildman–Crippen MR) is 145 cm³/mol. The molecule has 0 spiro atoms. The van der Waals surface area contributed by atoms with E-state index in [1.165, 1.54) is 18.4 Å². The van der Waals surface area contributed by atoms with Crippen LogP contribution in [0.4, 0.5) is 0 Å². The van der Waals surface area contributed by atoms with Crippen LogP contribution in [0.2, 0.25) is 0 Å². The summed E-state index contributed by atoms with van der Waals surface area (Å²) < 4.78 is 18.6. The molecule has 8 heteroatoms. The van der Waals surface area contributed by atoms with Crippen molar-refractivity contribution in [2.24, 2.45) is 4.99 Å². The van der Waals surface area contributed by atoms with E-state index in [0.29, 0.717) is 51.6 Å². The van der Waals surface area contributed by atoms with E-state index < -0.39 is 12.0 Å². The second-order valence-corrected chi connectivity index (χ2v) is 9.35. The second-order valence-electron chi connectivity index (χ2n) is 8.34. The van der Waals surface area contributed by atoms with Gasteiger partial charge in [-0.1, -0.05) is 54.7 Å². The number of aromatic nitrogens is 1. The van der Waals surface area contributed by atoms with Crippen molar-refractivity contribution in [3.05, 3.63) is 103 Å². The SMILES string of the molecule is C=CCc1cc(/C=c2\sc3n(c2=O)[C@@H](c2ccccc2)C(C(=O)OC)=C(CC)N=3)cc(OC)c1OCC. The molecule has 4 rings (SSSR count). The third kappa shape index (κ3) is 5.02. The summed E-state index contributed by atoms with van der Waals surface area (Å²) >= 11 is 1.29. The van der Waals surface area contributed by atoms with Crippen LogP contribution in [0.1, 0.15) is 43.0 Å². The number of esters is 1. The van der Waals surface area contributed by atoms with Gasteiger partial charge < -0.3 is 14.2 Å². The molecule has 0 fully saturated rings. The molecule has 0 saturated carbocycles. The number of allylic oxidation sites excluding steroid dienone is 2. The van der Waals surface area contributed by atoms with E-state index >= 15 is 0 Å². The Bertz CT molecular complexity index is 1530. The van der Waals surface area contributed by atoms with Crippen LogP contribution >= 0.6 is 11.3 Å². The third-order valence-electron chi connectivity index (χ3n) is 6.09. The Morgan fingerprint density at radius 1 is 1.19 bits per heavy atom. The first-order chi connectivity index (χ1) is 18.0. The number of hydrogen-bond acceptors (Lipinski definition) is 7. The van der Waals surface area contributed by atoms with E-state index in [-0.39, 0.29) is 5.56 Å². The number of carbonyl (C=O) groups is 1. The highest BCUT2D eigenvalue weighted by Crippen LogP contribution is 2.34. The first-order valence-corrected chi connectivity index (χ1v) is 12.9. The van der Waals surface area contributed by atoms with E-state index in [1.807, 2.05) is 62.4 Å². The quantitative estimate of drug-likeness (QED) is 0.317. The van der Waals surface area contributed by atoms with Crippen LogP contribution < -0.4 is 24.4 Å².